The zero-order chi connectivity index (χ0) is 24.2. The number of amides is 3. The number of carbonyl (C=O) groups is 2. The lowest BCUT2D eigenvalue weighted by atomic mass is 9.87. The first-order chi connectivity index (χ1) is 15.6. The quantitative estimate of drug-likeness (QED) is 0.633. The van der Waals surface area contributed by atoms with Gasteiger partial charge < -0.3 is 30.1 Å². The molecule has 0 aliphatic carbocycles. The second kappa shape index (κ2) is 9.70. The molecule has 3 rings (SSSR count). The summed E-state index contributed by atoms with van der Waals surface area (Å²) in [7, 11) is 3.07. The number of benzene rings is 2. The highest BCUT2D eigenvalue weighted by Crippen LogP contribution is 2.30. The fraction of sp³-hybridized carbons (Fsp3) is 0.440. The molecule has 0 atom stereocenters. The Morgan fingerprint density at radius 3 is 2.15 bits per heavy atom. The maximum atomic E-state index is 12.8. The van der Waals surface area contributed by atoms with Crippen LogP contribution in [0.2, 0.25) is 0 Å². The summed E-state index contributed by atoms with van der Waals surface area (Å²) in [5, 5.41) is 16.5. The highest BCUT2D eigenvalue weighted by Gasteiger charge is 2.40. The van der Waals surface area contributed by atoms with Crippen molar-refractivity contribution in [2.24, 2.45) is 0 Å². The molecule has 3 amide bonds. The number of methoxy groups -OCH3 is 2. The largest absolute Gasteiger partial charge is 0.497 e. The number of ether oxygens (including phenoxy) is 2. The van der Waals surface area contributed by atoms with E-state index in [0.717, 1.165) is 5.56 Å². The summed E-state index contributed by atoms with van der Waals surface area (Å²) in [6, 6.07) is 12.4. The van der Waals surface area contributed by atoms with Gasteiger partial charge in [0.1, 0.15) is 17.1 Å². The van der Waals surface area contributed by atoms with Crippen LogP contribution >= 0.6 is 0 Å². The van der Waals surface area contributed by atoms with E-state index in [9.17, 15) is 14.7 Å². The lowest BCUT2D eigenvalue weighted by molar-refractivity contribution is -0.138. The van der Waals surface area contributed by atoms with E-state index in [1.807, 2.05) is 24.3 Å². The Bertz CT molecular complexity index is 990. The van der Waals surface area contributed by atoms with Crippen LogP contribution in [0.4, 0.5) is 16.2 Å². The maximum absolute atomic E-state index is 12.8. The SMILES string of the molecule is COc1ccc(OC)c(NC(=O)N2CCC(O)(C(=O)Nc3ccc(C(C)(C)C)cc3)CC2)c1. The molecule has 0 radical (unpaired) electrons. The van der Waals surface area contributed by atoms with E-state index in [4.69, 9.17) is 9.47 Å². The zero-order valence-electron chi connectivity index (χ0n) is 19.9. The van der Waals surface area contributed by atoms with E-state index in [2.05, 4.69) is 31.4 Å². The van der Waals surface area contributed by atoms with Crippen LogP contribution in [0.15, 0.2) is 42.5 Å². The summed E-state index contributed by atoms with van der Waals surface area (Å²) >= 11 is 0. The molecule has 0 bridgehead atoms. The van der Waals surface area contributed by atoms with Gasteiger partial charge in [-0.05, 0) is 35.2 Å². The van der Waals surface area contributed by atoms with Gasteiger partial charge >= 0.3 is 6.03 Å². The molecule has 8 nitrogen and oxygen atoms in total. The molecule has 0 unspecified atom stereocenters. The molecule has 1 fully saturated rings. The first kappa shape index (κ1) is 24.4. The molecule has 1 aliphatic heterocycles. The van der Waals surface area contributed by atoms with Crippen LogP contribution < -0.4 is 20.1 Å². The van der Waals surface area contributed by atoms with Crippen LogP contribution in [-0.2, 0) is 10.2 Å². The molecular formula is C25H33N3O5. The van der Waals surface area contributed by atoms with Gasteiger partial charge in [0.25, 0.3) is 5.91 Å². The van der Waals surface area contributed by atoms with Gasteiger partial charge in [0.2, 0.25) is 0 Å². The molecule has 0 spiro atoms. The summed E-state index contributed by atoms with van der Waals surface area (Å²) in [5.74, 6) is 0.640. The summed E-state index contributed by atoms with van der Waals surface area (Å²) < 4.78 is 10.5. The van der Waals surface area contributed by atoms with Crippen molar-refractivity contribution in [1.82, 2.24) is 4.90 Å². The van der Waals surface area contributed by atoms with Crippen LogP contribution in [-0.4, -0.2) is 54.9 Å². The van der Waals surface area contributed by atoms with Crippen molar-refractivity contribution in [1.29, 1.82) is 0 Å². The second-order valence-electron chi connectivity index (χ2n) is 9.30. The van der Waals surface area contributed by atoms with Crippen molar-refractivity contribution in [2.75, 3.05) is 37.9 Å². The third-order valence-electron chi connectivity index (χ3n) is 5.96. The third-order valence-corrected chi connectivity index (χ3v) is 5.96. The maximum Gasteiger partial charge on any atom is 0.321 e. The van der Waals surface area contributed by atoms with Crippen LogP contribution in [0.5, 0.6) is 11.5 Å². The number of hydrogen-bond donors (Lipinski definition) is 3. The molecule has 2 aromatic rings. The molecule has 8 heteroatoms. The summed E-state index contributed by atoms with van der Waals surface area (Å²) in [4.78, 5) is 27.1. The number of carbonyl (C=O) groups excluding carboxylic acids is 2. The van der Waals surface area contributed by atoms with E-state index in [0.29, 0.717) is 22.9 Å². The number of urea groups is 1. The van der Waals surface area contributed by atoms with Gasteiger partial charge in [0, 0.05) is 37.7 Å². The monoisotopic (exact) mass is 455 g/mol. The lowest BCUT2D eigenvalue weighted by Gasteiger charge is -2.37. The molecule has 3 N–H and O–H groups in total. The molecule has 2 aromatic carbocycles. The van der Waals surface area contributed by atoms with Crippen LogP contribution in [0.25, 0.3) is 0 Å². The Hall–Kier alpha value is -3.26. The first-order valence-electron chi connectivity index (χ1n) is 11.0. The highest BCUT2D eigenvalue weighted by molar-refractivity contribution is 5.97. The molecule has 178 valence electrons. The predicted molar refractivity (Wildman–Crippen MR) is 128 cm³/mol. The first-order valence-corrected chi connectivity index (χ1v) is 11.0. The number of likely N-dealkylation sites (tertiary alicyclic amines) is 1. The fourth-order valence-electron chi connectivity index (χ4n) is 3.71. The van der Waals surface area contributed by atoms with Crippen molar-refractivity contribution in [3.05, 3.63) is 48.0 Å². The Labute approximate surface area is 194 Å². The lowest BCUT2D eigenvalue weighted by Crippen LogP contribution is -2.53. The Morgan fingerprint density at radius 1 is 0.970 bits per heavy atom. The Kier molecular flexibility index (Phi) is 7.17. The van der Waals surface area contributed by atoms with E-state index in [1.165, 1.54) is 7.11 Å². The van der Waals surface area contributed by atoms with Gasteiger partial charge in [-0.15, -0.1) is 0 Å². The smallest absolute Gasteiger partial charge is 0.321 e. The Morgan fingerprint density at radius 2 is 1.61 bits per heavy atom. The van der Waals surface area contributed by atoms with Gasteiger partial charge in [-0.1, -0.05) is 32.9 Å². The molecule has 1 saturated heterocycles. The van der Waals surface area contributed by atoms with E-state index in [1.54, 1.807) is 30.2 Å². The minimum atomic E-state index is -1.53. The second-order valence-corrected chi connectivity index (χ2v) is 9.30. The number of rotatable bonds is 5. The van der Waals surface area contributed by atoms with E-state index in [-0.39, 0.29) is 37.4 Å². The van der Waals surface area contributed by atoms with Gasteiger partial charge in [-0.25, -0.2) is 4.79 Å². The molecule has 0 aromatic heterocycles. The zero-order valence-corrected chi connectivity index (χ0v) is 19.9. The van der Waals surface area contributed by atoms with Gasteiger partial charge in [-0.2, -0.15) is 0 Å². The van der Waals surface area contributed by atoms with Crippen molar-refractivity contribution >= 4 is 23.3 Å². The molecule has 1 aliphatic rings. The molecule has 1 heterocycles. The van der Waals surface area contributed by atoms with Crippen LogP contribution in [0.1, 0.15) is 39.2 Å². The standard InChI is InChI=1S/C25H33N3O5/c1-24(2,3)17-6-8-18(9-7-17)26-22(29)25(31)12-14-28(15-13-25)23(30)27-20-16-19(32-4)10-11-21(20)33-5/h6-11,16,31H,12-15H2,1-5H3,(H,26,29)(H,27,30). The molecule has 0 saturated carbocycles. The Balaban J connectivity index is 1.59. The molecule has 33 heavy (non-hydrogen) atoms. The number of nitrogens with one attached hydrogen (secondary N) is 2. The van der Waals surface area contributed by atoms with Crippen LogP contribution in [0.3, 0.4) is 0 Å². The summed E-state index contributed by atoms with van der Waals surface area (Å²) in [6.45, 7) is 6.85. The highest BCUT2D eigenvalue weighted by atomic mass is 16.5. The minimum Gasteiger partial charge on any atom is -0.497 e. The van der Waals surface area contributed by atoms with Crippen LogP contribution in [0, 0.1) is 0 Å². The van der Waals surface area contributed by atoms with E-state index < -0.39 is 11.5 Å². The van der Waals surface area contributed by atoms with Crippen molar-refractivity contribution < 1.29 is 24.2 Å². The summed E-state index contributed by atoms with van der Waals surface area (Å²) in [5.41, 5.74) is 0.757. The molecular weight excluding hydrogens is 422 g/mol. The van der Waals surface area contributed by atoms with Gasteiger partial charge in [0.05, 0.1) is 19.9 Å². The topological polar surface area (TPSA) is 100 Å². The van der Waals surface area contributed by atoms with Gasteiger partial charge in [0.15, 0.2) is 0 Å². The van der Waals surface area contributed by atoms with E-state index >= 15 is 0 Å². The van der Waals surface area contributed by atoms with Gasteiger partial charge in [-0.3, -0.25) is 4.79 Å². The van der Waals surface area contributed by atoms with Crippen molar-refractivity contribution in [3.63, 3.8) is 0 Å². The number of hydrogen-bond acceptors (Lipinski definition) is 5. The average molecular weight is 456 g/mol. The van der Waals surface area contributed by atoms with Crippen molar-refractivity contribution in [3.8, 4) is 11.5 Å². The average Bonchev–Trinajstić information content (AvgIpc) is 2.79. The summed E-state index contributed by atoms with van der Waals surface area (Å²) in [6.07, 6.45) is 0.281. The normalized spacial score (nSPS) is 15.5. The number of anilines is 2. The fourth-order valence-corrected chi connectivity index (χ4v) is 3.71. The number of aliphatic hydroxyl groups is 1. The predicted octanol–water partition coefficient (Wildman–Crippen LogP) is 4.00. The minimum absolute atomic E-state index is 0.0169. The number of nitrogens with zero attached hydrogens (tertiary/aromatic N) is 1. The third kappa shape index (κ3) is 5.76. The van der Waals surface area contributed by atoms with Crippen molar-refractivity contribution in [2.45, 2.75) is 44.6 Å². The number of piperidine rings is 1.